The van der Waals surface area contributed by atoms with Crippen molar-refractivity contribution in [3.05, 3.63) is 59.1 Å². The van der Waals surface area contributed by atoms with E-state index in [1.807, 2.05) is 50.2 Å². The second kappa shape index (κ2) is 10.5. The van der Waals surface area contributed by atoms with Crippen LogP contribution >= 0.6 is 35.6 Å². The van der Waals surface area contributed by atoms with Gasteiger partial charge in [-0.3, -0.25) is 4.99 Å². The van der Waals surface area contributed by atoms with Crippen molar-refractivity contribution < 1.29 is 9.84 Å². The maximum Gasteiger partial charge on any atom is 0.193 e. The quantitative estimate of drug-likeness (QED) is 0.332. The SMILES string of the molecule is CC(C)Oc1ccc(NC(N)=NCC(O)c2ccccc2Cl)cc1.I. The first kappa shape index (κ1) is 21.5. The van der Waals surface area contributed by atoms with Gasteiger partial charge < -0.3 is 20.9 Å². The number of anilines is 1. The van der Waals surface area contributed by atoms with Crippen LogP contribution in [0.15, 0.2) is 53.5 Å². The summed E-state index contributed by atoms with van der Waals surface area (Å²) < 4.78 is 5.58. The molecule has 25 heavy (non-hydrogen) atoms. The lowest BCUT2D eigenvalue weighted by molar-refractivity contribution is 0.187. The lowest BCUT2D eigenvalue weighted by Crippen LogP contribution is -2.23. The smallest absolute Gasteiger partial charge is 0.193 e. The van der Waals surface area contributed by atoms with E-state index >= 15 is 0 Å². The molecule has 0 aliphatic rings. The molecule has 0 saturated carbocycles. The maximum atomic E-state index is 10.1. The van der Waals surface area contributed by atoms with Crippen LogP contribution in [-0.2, 0) is 0 Å². The molecular weight excluding hydrogens is 453 g/mol. The first-order valence-corrected chi connectivity index (χ1v) is 8.09. The van der Waals surface area contributed by atoms with Gasteiger partial charge in [0.25, 0.3) is 0 Å². The highest BCUT2D eigenvalue weighted by Gasteiger charge is 2.10. The summed E-state index contributed by atoms with van der Waals surface area (Å²) in [6.45, 7) is 4.07. The zero-order valence-electron chi connectivity index (χ0n) is 14.1. The highest BCUT2D eigenvalue weighted by molar-refractivity contribution is 14.0. The van der Waals surface area contributed by atoms with Crippen LogP contribution in [0, 0.1) is 0 Å². The molecule has 136 valence electrons. The van der Waals surface area contributed by atoms with Crippen LogP contribution in [0.1, 0.15) is 25.5 Å². The molecule has 1 atom stereocenters. The van der Waals surface area contributed by atoms with Gasteiger partial charge in [0.1, 0.15) is 11.9 Å². The lowest BCUT2D eigenvalue weighted by Gasteiger charge is -2.12. The third-order valence-electron chi connectivity index (χ3n) is 3.20. The molecule has 0 fully saturated rings. The normalized spacial score (nSPS) is 12.4. The van der Waals surface area contributed by atoms with E-state index in [9.17, 15) is 5.11 Å². The molecule has 2 aromatic carbocycles. The van der Waals surface area contributed by atoms with Gasteiger partial charge in [-0.25, -0.2) is 0 Å². The molecule has 0 spiro atoms. The third-order valence-corrected chi connectivity index (χ3v) is 3.54. The number of hydrogen-bond donors (Lipinski definition) is 3. The van der Waals surface area contributed by atoms with Gasteiger partial charge in [-0.1, -0.05) is 29.8 Å². The molecule has 5 nitrogen and oxygen atoms in total. The predicted octanol–water partition coefficient (Wildman–Crippen LogP) is 4.21. The van der Waals surface area contributed by atoms with Crippen molar-refractivity contribution in [1.29, 1.82) is 0 Å². The van der Waals surface area contributed by atoms with Crippen molar-refractivity contribution in [2.75, 3.05) is 11.9 Å². The molecule has 0 aromatic heterocycles. The zero-order chi connectivity index (χ0) is 17.5. The van der Waals surface area contributed by atoms with Gasteiger partial charge in [0.2, 0.25) is 0 Å². The van der Waals surface area contributed by atoms with Crippen molar-refractivity contribution in [1.82, 2.24) is 0 Å². The van der Waals surface area contributed by atoms with Crippen LogP contribution in [0.2, 0.25) is 5.02 Å². The first-order chi connectivity index (χ1) is 11.5. The number of aliphatic hydroxyl groups is 1. The summed E-state index contributed by atoms with van der Waals surface area (Å²) in [6.07, 6.45) is -0.678. The monoisotopic (exact) mass is 475 g/mol. The molecule has 0 saturated heterocycles. The largest absolute Gasteiger partial charge is 0.491 e. The van der Waals surface area contributed by atoms with E-state index in [0.717, 1.165) is 11.4 Å². The number of guanidine groups is 1. The van der Waals surface area contributed by atoms with Crippen LogP contribution in [0.25, 0.3) is 0 Å². The van der Waals surface area contributed by atoms with Crippen LogP contribution in [-0.4, -0.2) is 23.7 Å². The fourth-order valence-electron chi connectivity index (χ4n) is 2.10. The fraction of sp³-hybridized carbons (Fsp3) is 0.278. The van der Waals surface area contributed by atoms with Crippen molar-refractivity contribution in [2.24, 2.45) is 10.7 Å². The van der Waals surface area contributed by atoms with E-state index in [1.165, 1.54) is 0 Å². The Bertz CT molecular complexity index is 693. The second-order valence-electron chi connectivity index (χ2n) is 5.58. The number of nitrogens with zero attached hydrogens (tertiary/aromatic N) is 1. The Morgan fingerprint density at radius 3 is 2.44 bits per heavy atom. The van der Waals surface area contributed by atoms with E-state index in [0.29, 0.717) is 10.6 Å². The molecule has 0 aliphatic heterocycles. The standard InChI is InChI=1S/C18H22ClN3O2.HI/c1-12(2)24-14-9-7-13(8-10-14)22-18(20)21-11-17(23)15-5-3-4-6-16(15)19;/h3-10,12,17,23H,11H2,1-2H3,(H3,20,21,22);1H. The number of nitrogens with one attached hydrogen (secondary N) is 1. The number of hydrogen-bond acceptors (Lipinski definition) is 3. The van der Waals surface area contributed by atoms with Gasteiger partial charge in [0.15, 0.2) is 5.96 Å². The van der Waals surface area contributed by atoms with Crippen LogP contribution in [0.4, 0.5) is 5.69 Å². The molecule has 1 unspecified atom stereocenters. The van der Waals surface area contributed by atoms with Crippen LogP contribution < -0.4 is 15.8 Å². The Morgan fingerprint density at radius 2 is 1.84 bits per heavy atom. The fourth-order valence-corrected chi connectivity index (χ4v) is 2.37. The average molecular weight is 476 g/mol. The zero-order valence-corrected chi connectivity index (χ0v) is 17.2. The Hall–Kier alpha value is -1.51. The Labute approximate surface area is 170 Å². The minimum atomic E-state index is -0.805. The van der Waals surface area contributed by atoms with E-state index in [4.69, 9.17) is 22.1 Å². The third kappa shape index (κ3) is 7.09. The van der Waals surface area contributed by atoms with Gasteiger partial charge in [0.05, 0.1) is 12.6 Å². The lowest BCUT2D eigenvalue weighted by atomic mass is 10.1. The van der Waals surface area contributed by atoms with Crippen molar-refractivity contribution in [3.8, 4) is 5.75 Å². The van der Waals surface area contributed by atoms with E-state index in [2.05, 4.69) is 10.3 Å². The summed E-state index contributed by atoms with van der Waals surface area (Å²) in [5.41, 5.74) is 7.27. The topological polar surface area (TPSA) is 79.9 Å². The predicted molar refractivity (Wildman–Crippen MR) is 114 cm³/mol. The van der Waals surface area contributed by atoms with Gasteiger partial charge in [-0.05, 0) is 44.2 Å². The summed E-state index contributed by atoms with van der Waals surface area (Å²) in [5, 5.41) is 13.6. The first-order valence-electron chi connectivity index (χ1n) is 7.72. The summed E-state index contributed by atoms with van der Waals surface area (Å²) >= 11 is 6.05. The van der Waals surface area contributed by atoms with Crippen molar-refractivity contribution in [2.45, 2.75) is 26.1 Å². The number of aliphatic hydroxyl groups excluding tert-OH is 1. The van der Waals surface area contributed by atoms with Crippen molar-refractivity contribution in [3.63, 3.8) is 0 Å². The number of aliphatic imine (C=N–C) groups is 1. The van der Waals surface area contributed by atoms with E-state index in [1.54, 1.807) is 12.1 Å². The number of nitrogens with two attached hydrogens (primary N) is 1. The average Bonchev–Trinajstić information content (AvgIpc) is 2.54. The van der Waals surface area contributed by atoms with Gasteiger partial charge in [-0.15, -0.1) is 24.0 Å². The van der Waals surface area contributed by atoms with E-state index in [-0.39, 0.29) is 42.6 Å². The maximum absolute atomic E-state index is 10.1. The molecule has 0 heterocycles. The molecule has 2 rings (SSSR count). The molecule has 0 radical (unpaired) electrons. The highest BCUT2D eigenvalue weighted by atomic mass is 127. The number of rotatable bonds is 6. The minimum absolute atomic E-state index is 0. The second-order valence-corrected chi connectivity index (χ2v) is 5.99. The summed E-state index contributed by atoms with van der Waals surface area (Å²) in [5.74, 6) is 1.01. The Morgan fingerprint density at radius 1 is 1.20 bits per heavy atom. The molecular formula is C18H23ClIN3O2. The van der Waals surface area contributed by atoms with Crippen molar-refractivity contribution >= 4 is 47.2 Å². The molecule has 4 N–H and O–H groups in total. The van der Waals surface area contributed by atoms with Crippen LogP contribution in [0.5, 0.6) is 5.75 Å². The van der Waals surface area contributed by atoms with E-state index < -0.39 is 6.10 Å². The molecule has 7 heteroatoms. The Kier molecular flexibility index (Phi) is 9.02. The number of benzene rings is 2. The number of ether oxygens (including phenoxy) is 1. The molecule has 2 aromatic rings. The molecule has 0 bridgehead atoms. The molecule has 0 amide bonds. The summed E-state index contributed by atoms with van der Waals surface area (Å²) in [6, 6.07) is 14.5. The number of halogens is 2. The van der Waals surface area contributed by atoms with Crippen LogP contribution in [0.3, 0.4) is 0 Å². The summed E-state index contributed by atoms with van der Waals surface area (Å²) in [7, 11) is 0. The van der Waals surface area contributed by atoms with Gasteiger partial charge >= 0.3 is 0 Å². The minimum Gasteiger partial charge on any atom is -0.491 e. The Balaban J connectivity index is 0.00000312. The molecule has 0 aliphatic carbocycles. The summed E-state index contributed by atoms with van der Waals surface area (Å²) in [4.78, 5) is 4.15. The highest BCUT2D eigenvalue weighted by Crippen LogP contribution is 2.22. The van der Waals surface area contributed by atoms with Gasteiger partial charge in [-0.2, -0.15) is 0 Å². The van der Waals surface area contributed by atoms with Gasteiger partial charge in [0, 0.05) is 16.3 Å².